The van der Waals surface area contributed by atoms with Gasteiger partial charge in [0.25, 0.3) is 20.2 Å². The highest BCUT2D eigenvalue weighted by Gasteiger charge is 2.21. The summed E-state index contributed by atoms with van der Waals surface area (Å²) in [7, 11) is -4.31. The molecule has 0 saturated carbocycles. The zero-order chi connectivity index (χ0) is 63.8. The van der Waals surface area contributed by atoms with Gasteiger partial charge in [0.2, 0.25) is 0 Å². The van der Waals surface area contributed by atoms with Gasteiger partial charge in [0.1, 0.15) is 18.0 Å². The number of anilines is 2. The first-order valence-electron chi connectivity index (χ1n) is 30.7. The van der Waals surface area contributed by atoms with Crippen LogP contribution in [-0.2, 0) is 66.5 Å². The van der Waals surface area contributed by atoms with Gasteiger partial charge >= 0.3 is 0 Å². The molecule has 494 valence electrons. The summed E-state index contributed by atoms with van der Waals surface area (Å²) in [5.74, 6) is 1.59. The van der Waals surface area contributed by atoms with Gasteiger partial charge in [-0.25, -0.2) is 0 Å². The summed E-state index contributed by atoms with van der Waals surface area (Å²) in [6.07, 6.45) is 0. The van der Waals surface area contributed by atoms with Crippen molar-refractivity contribution in [3.05, 3.63) is 114 Å². The summed E-state index contributed by atoms with van der Waals surface area (Å²) >= 11 is 0. The van der Waals surface area contributed by atoms with Gasteiger partial charge in [-0.05, 0) is 122 Å². The second-order valence-corrected chi connectivity index (χ2v) is 24.2. The van der Waals surface area contributed by atoms with Crippen LogP contribution in [0.1, 0.15) is 63.8 Å². The number of aryl methyl sites for hydroxylation is 4. The second-order valence-electron chi connectivity index (χ2n) is 21.0. The average Bonchev–Trinajstić information content (AvgIpc) is 3.73. The monoisotopic (exact) mass is 1260 g/mol. The molecular weight excluding hydrogens is 1160 g/mol. The molecular formula is C65H107N4O16S2+. The van der Waals surface area contributed by atoms with E-state index in [1.54, 1.807) is 38.5 Å². The first-order valence-corrected chi connectivity index (χ1v) is 33.6. The Hall–Kier alpha value is -4.50. The predicted molar refractivity (Wildman–Crippen MR) is 343 cm³/mol. The Morgan fingerprint density at radius 3 is 1.02 bits per heavy atom. The predicted octanol–water partition coefficient (Wildman–Crippen LogP) is 9.05. The number of hydrogen-bond acceptors (Lipinski definition) is 18. The molecule has 4 aromatic carbocycles. The van der Waals surface area contributed by atoms with E-state index in [9.17, 15) is 16.8 Å². The highest BCUT2D eigenvalue weighted by Crippen LogP contribution is 2.30. The van der Waals surface area contributed by atoms with Gasteiger partial charge in [0, 0.05) is 26.2 Å². The van der Waals surface area contributed by atoms with Crippen LogP contribution in [0.25, 0.3) is 0 Å². The maximum atomic E-state index is 12.3. The SMILES string of the molecule is COc1ccc(C)cc1N(CCOCCOCCOS(=O)(=O)c1ccc(C)cc1)CCOCCOCCOS(=O)(=O)c1ccc(C)cc1.C[CH-][N+](CC)(CC)COCCOCCN(CCOCCOCC[N+](CC)(CC)CC)c1cc(C)ccc1OC. The summed E-state index contributed by atoms with van der Waals surface area (Å²) < 4.78 is 119. The Labute approximate surface area is 523 Å². The van der Waals surface area contributed by atoms with Gasteiger partial charge in [0.05, 0.1) is 180 Å². The summed E-state index contributed by atoms with van der Waals surface area (Å²) in [6.45, 7) is 39.8. The molecule has 0 atom stereocenters. The lowest BCUT2D eigenvalue weighted by molar-refractivity contribution is -0.923. The van der Waals surface area contributed by atoms with Crippen molar-refractivity contribution < 1.29 is 81.5 Å². The normalized spacial score (nSPS) is 12.0. The van der Waals surface area contributed by atoms with E-state index in [1.807, 2.05) is 45.0 Å². The zero-order valence-corrected chi connectivity index (χ0v) is 56.2. The highest BCUT2D eigenvalue weighted by molar-refractivity contribution is 7.87. The van der Waals surface area contributed by atoms with Crippen LogP contribution in [0.2, 0.25) is 0 Å². The molecule has 0 aliphatic heterocycles. The molecule has 0 amide bonds. The van der Waals surface area contributed by atoms with Crippen molar-refractivity contribution in [2.75, 3.05) is 209 Å². The van der Waals surface area contributed by atoms with Crippen LogP contribution in [0.3, 0.4) is 0 Å². The van der Waals surface area contributed by atoms with E-state index < -0.39 is 20.2 Å². The third-order valence-corrected chi connectivity index (χ3v) is 17.9. The summed E-state index contributed by atoms with van der Waals surface area (Å²) in [5, 5.41) is 0. The topological polar surface area (TPSA) is 186 Å². The van der Waals surface area contributed by atoms with Crippen LogP contribution in [0, 0.1) is 34.2 Å². The van der Waals surface area contributed by atoms with Crippen molar-refractivity contribution in [3.8, 4) is 11.5 Å². The number of likely N-dealkylation sites (N-methyl/N-ethyl adjacent to an activating group) is 1. The van der Waals surface area contributed by atoms with Gasteiger partial charge in [-0.1, -0.05) is 47.5 Å². The highest BCUT2D eigenvalue weighted by atomic mass is 32.2. The summed E-state index contributed by atoms with van der Waals surface area (Å²) in [5.41, 5.74) is 6.18. The number of quaternary nitrogens is 2. The minimum atomic E-state index is -3.82. The van der Waals surface area contributed by atoms with E-state index in [0.717, 1.165) is 107 Å². The molecule has 0 bridgehead atoms. The van der Waals surface area contributed by atoms with Crippen LogP contribution >= 0.6 is 0 Å². The molecule has 0 N–H and O–H groups in total. The minimum absolute atomic E-state index is 0.0914. The maximum absolute atomic E-state index is 12.3. The standard InChI is InChI=1S/C34H47NO11S2.C31H60N3O5/c1-28-5-10-31(11-6-28)47(36,37)45-25-23-43-21-19-41-17-15-35(33-27-30(3)9-14-34(33)40-4)16-18-42-20-22-44-24-26-46-48(38,39)32-12-7-29(2)8-13-32;1-9-33(10-2,11-3)19-22-38-24-23-36-20-17-32(30-27-29(7)15-16-31(30)35-8)18-21-37-25-26-39-28-34(12-4,13-5)14-6/h5-14,27H,15-26H2,1-4H3;12,15-16,27H,9-11,13-14,17-26,28H2,1-8H3/q;+1. The van der Waals surface area contributed by atoms with Crippen molar-refractivity contribution in [1.29, 1.82) is 0 Å². The molecule has 87 heavy (non-hydrogen) atoms. The minimum Gasteiger partial charge on any atom is -0.495 e. The number of hydrogen-bond donors (Lipinski definition) is 0. The number of rotatable bonds is 49. The molecule has 0 saturated heterocycles. The fourth-order valence-electron chi connectivity index (χ4n) is 9.13. The average molecular weight is 1260 g/mol. The van der Waals surface area contributed by atoms with Crippen molar-refractivity contribution >= 4 is 31.6 Å². The molecule has 0 aromatic heterocycles. The Balaban J connectivity index is 0.000000466. The van der Waals surface area contributed by atoms with E-state index in [4.69, 9.17) is 55.7 Å². The zero-order valence-electron chi connectivity index (χ0n) is 54.6. The van der Waals surface area contributed by atoms with Crippen LogP contribution in [0.15, 0.2) is 94.7 Å². The lowest BCUT2D eigenvalue weighted by Gasteiger charge is -2.44. The number of ether oxygens (including phenoxy) is 10. The molecule has 22 heteroatoms. The van der Waals surface area contributed by atoms with Gasteiger partial charge in [-0.2, -0.15) is 16.8 Å². The van der Waals surface area contributed by atoms with E-state index in [2.05, 4.69) is 76.9 Å². The molecule has 4 rings (SSSR count). The van der Waals surface area contributed by atoms with Crippen LogP contribution in [0.5, 0.6) is 11.5 Å². The summed E-state index contributed by atoms with van der Waals surface area (Å²) in [4.78, 5) is 4.62. The molecule has 20 nitrogen and oxygen atoms in total. The van der Waals surface area contributed by atoms with E-state index in [0.29, 0.717) is 85.9 Å². The van der Waals surface area contributed by atoms with Crippen molar-refractivity contribution in [2.45, 2.75) is 79.0 Å². The Bertz CT molecular complexity index is 2550. The number of nitrogens with zero attached hydrogens (tertiary/aromatic N) is 4. The Morgan fingerprint density at radius 1 is 0.391 bits per heavy atom. The molecule has 0 fully saturated rings. The lowest BCUT2D eigenvalue weighted by atomic mass is 10.2. The molecule has 4 aromatic rings. The van der Waals surface area contributed by atoms with E-state index in [-0.39, 0.29) is 49.4 Å². The molecule has 0 spiro atoms. The van der Waals surface area contributed by atoms with Crippen LogP contribution in [0.4, 0.5) is 11.4 Å². The molecule has 0 aliphatic carbocycles. The third-order valence-electron chi connectivity index (χ3n) is 15.3. The van der Waals surface area contributed by atoms with E-state index in [1.165, 1.54) is 29.8 Å². The molecule has 0 radical (unpaired) electrons. The third kappa shape index (κ3) is 29.3. The molecule has 0 aliphatic rings. The first-order chi connectivity index (χ1) is 41.9. The molecule has 0 unspecified atom stereocenters. The van der Waals surface area contributed by atoms with Gasteiger partial charge < -0.3 is 66.1 Å². The maximum Gasteiger partial charge on any atom is 0.297 e. The lowest BCUT2D eigenvalue weighted by Crippen LogP contribution is -2.49. The second kappa shape index (κ2) is 43.3. The van der Waals surface area contributed by atoms with Crippen molar-refractivity contribution in [1.82, 2.24) is 0 Å². The number of benzene rings is 4. The van der Waals surface area contributed by atoms with Crippen molar-refractivity contribution in [2.24, 2.45) is 0 Å². The Morgan fingerprint density at radius 2 is 0.701 bits per heavy atom. The van der Waals surface area contributed by atoms with Gasteiger partial charge in [0.15, 0.2) is 6.73 Å². The Kier molecular flexibility index (Phi) is 38.2. The smallest absolute Gasteiger partial charge is 0.297 e. The quantitative estimate of drug-likeness (QED) is 0.0134. The fourth-order valence-corrected chi connectivity index (χ4v) is 10.9. The molecule has 0 heterocycles. The van der Waals surface area contributed by atoms with E-state index >= 15 is 0 Å². The number of methoxy groups -OCH3 is 2. The largest absolute Gasteiger partial charge is 0.495 e. The fraction of sp³-hybridized carbons (Fsp3) is 0.615. The van der Waals surface area contributed by atoms with Gasteiger partial charge in [-0.3, -0.25) is 8.37 Å². The first kappa shape index (κ1) is 76.7. The van der Waals surface area contributed by atoms with Gasteiger partial charge in [-0.15, -0.1) is 13.5 Å². The van der Waals surface area contributed by atoms with Crippen LogP contribution in [-0.4, -0.2) is 225 Å². The summed E-state index contributed by atoms with van der Waals surface area (Å²) in [6, 6.07) is 25.1. The van der Waals surface area contributed by atoms with Crippen molar-refractivity contribution in [3.63, 3.8) is 0 Å². The van der Waals surface area contributed by atoms with Crippen LogP contribution < -0.4 is 19.3 Å².